The van der Waals surface area contributed by atoms with E-state index in [-0.39, 0.29) is 26.4 Å². The van der Waals surface area contributed by atoms with Gasteiger partial charge in [-0.3, -0.25) is 0 Å². The Kier molecular flexibility index (Phi) is 19.1. The van der Waals surface area contributed by atoms with Crippen molar-refractivity contribution in [2.45, 2.75) is 13.3 Å². The van der Waals surface area contributed by atoms with E-state index in [0.29, 0.717) is 46.1 Å². The second-order valence-corrected chi connectivity index (χ2v) is 6.40. The van der Waals surface area contributed by atoms with Gasteiger partial charge in [0.1, 0.15) is 0 Å². The first-order valence-electron chi connectivity index (χ1n) is 8.98. The van der Waals surface area contributed by atoms with Gasteiger partial charge >= 0.3 is 0 Å². The van der Waals surface area contributed by atoms with Crippen LogP contribution >= 0.6 is 0 Å². The van der Waals surface area contributed by atoms with Gasteiger partial charge in [0.05, 0.1) is 71.5 Å². The predicted molar refractivity (Wildman–Crippen MR) is 107 cm³/mol. The number of hydrogen-bond acceptors (Lipinski definition) is 7. The molecule has 0 saturated heterocycles. The van der Waals surface area contributed by atoms with E-state index in [9.17, 15) is 5.11 Å². The summed E-state index contributed by atoms with van der Waals surface area (Å²) in [5.41, 5.74) is -1.23. The highest BCUT2D eigenvalue weighted by Gasteiger charge is 2.31. The molecule has 0 heterocycles. The van der Waals surface area contributed by atoms with Crippen LogP contribution in [0.15, 0.2) is 38.0 Å². The smallest absolute Gasteiger partial charge is 0.0645 e. The lowest BCUT2D eigenvalue weighted by Crippen LogP contribution is -2.41. The zero-order valence-electron chi connectivity index (χ0n) is 16.6. The van der Waals surface area contributed by atoms with Crippen molar-refractivity contribution in [1.82, 2.24) is 0 Å². The van der Waals surface area contributed by atoms with Crippen molar-refractivity contribution in [2.75, 3.05) is 66.1 Å². The van der Waals surface area contributed by atoms with Gasteiger partial charge in [-0.1, -0.05) is 25.2 Å². The molecule has 0 unspecified atom stereocenters. The lowest BCUT2D eigenvalue weighted by atomic mass is 9.88. The lowest BCUT2D eigenvalue weighted by molar-refractivity contribution is -0.0821. The number of rotatable bonds is 17. The predicted octanol–water partition coefficient (Wildman–Crippen LogP) is 0.933. The third kappa shape index (κ3) is 12.9. The SMILES string of the molecule is C=CCOCC(CO)(COCC=C)COCC=C.CCC(CO)(CO)CO. The Bertz CT molecular complexity index is 314. The Hall–Kier alpha value is -1.06. The molecule has 0 aliphatic carbocycles. The molecule has 0 aliphatic rings. The van der Waals surface area contributed by atoms with Gasteiger partial charge in [-0.2, -0.15) is 0 Å². The van der Waals surface area contributed by atoms with Crippen molar-refractivity contribution in [3.63, 3.8) is 0 Å². The van der Waals surface area contributed by atoms with Crippen molar-refractivity contribution in [3.8, 4) is 0 Å². The van der Waals surface area contributed by atoms with Gasteiger partial charge in [-0.05, 0) is 6.42 Å². The second-order valence-electron chi connectivity index (χ2n) is 6.40. The van der Waals surface area contributed by atoms with Crippen LogP contribution in [0.25, 0.3) is 0 Å². The molecular weight excluding hydrogens is 352 g/mol. The molecule has 0 aromatic rings. The highest BCUT2D eigenvalue weighted by molar-refractivity contribution is 4.81. The summed E-state index contributed by atoms with van der Waals surface area (Å²) >= 11 is 0. The van der Waals surface area contributed by atoms with Gasteiger partial charge in [-0.25, -0.2) is 0 Å². The molecule has 7 heteroatoms. The molecular formula is C20H38O7. The molecule has 0 radical (unpaired) electrons. The first-order chi connectivity index (χ1) is 13.0. The molecule has 0 amide bonds. The molecule has 0 bridgehead atoms. The average molecular weight is 391 g/mol. The fourth-order valence-electron chi connectivity index (χ4n) is 1.82. The fraction of sp³-hybridized carbons (Fsp3) is 0.700. The van der Waals surface area contributed by atoms with Gasteiger partial charge in [0.15, 0.2) is 0 Å². The van der Waals surface area contributed by atoms with E-state index in [2.05, 4.69) is 19.7 Å². The van der Waals surface area contributed by atoms with E-state index in [1.54, 1.807) is 18.2 Å². The molecule has 0 saturated carbocycles. The molecule has 7 nitrogen and oxygen atoms in total. The lowest BCUT2D eigenvalue weighted by Gasteiger charge is -2.30. The highest BCUT2D eigenvalue weighted by Crippen LogP contribution is 2.19. The highest BCUT2D eigenvalue weighted by atomic mass is 16.5. The minimum Gasteiger partial charge on any atom is -0.396 e. The van der Waals surface area contributed by atoms with Crippen molar-refractivity contribution >= 4 is 0 Å². The van der Waals surface area contributed by atoms with Crippen LogP contribution in [-0.4, -0.2) is 86.5 Å². The minimum absolute atomic E-state index is 0.0710. The summed E-state index contributed by atoms with van der Waals surface area (Å²) in [5.74, 6) is 0. The van der Waals surface area contributed by atoms with Crippen LogP contribution in [0.2, 0.25) is 0 Å². The largest absolute Gasteiger partial charge is 0.396 e. The number of aliphatic hydroxyl groups is 4. The summed E-state index contributed by atoms with van der Waals surface area (Å²) < 4.78 is 16.2. The number of ether oxygens (including phenoxy) is 3. The van der Waals surface area contributed by atoms with Crippen LogP contribution in [0.3, 0.4) is 0 Å². The van der Waals surface area contributed by atoms with E-state index < -0.39 is 10.8 Å². The monoisotopic (exact) mass is 390 g/mol. The van der Waals surface area contributed by atoms with Crippen molar-refractivity contribution in [1.29, 1.82) is 0 Å². The number of aliphatic hydroxyl groups excluding tert-OH is 4. The minimum atomic E-state index is -0.667. The van der Waals surface area contributed by atoms with Crippen LogP contribution in [-0.2, 0) is 14.2 Å². The Morgan fingerprint density at radius 3 is 1.07 bits per heavy atom. The van der Waals surface area contributed by atoms with Crippen molar-refractivity contribution < 1.29 is 34.6 Å². The zero-order valence-corrected chi connectivity index (χ0v) is 16.6. The van der Waals surface area contributed by atoms with Crippen LogP contribution in [0.4, 0.5) is 0 Å². The quantitative estimate of drug-likeness (QED) is 0.216. The maximum atomic E-state index is 9.56. The molecule has 27 heavy (non-hydrogen) atoms. The van der Waals surface area contributed by atoms with Crippen molar-refractivity contribution in [3.05, 3.63) is 38.0 Å². The van der Waals surface area contributed by atoms with Crippen LogP contribution in [0.1, 0.15) is 13.3 Å². The third-order valence-electron chi connectivity index (χ3n) is 4.02. The molecule has 0 rings (SSSR count). The molecule has 0 aromatic heterocycles. The second kappa shape index (κ2) is 18.3. The van der Waals surface area contributed by atoms with Crippen LogP contribution in [0.5, 0.6) is 0 Å². The average Bonchev–Trinajstić information content (AvgIpc) is 2.71. The summed E-state index contributed by atoms with van der Waals surface area (Å²) in [6, 6.07) is 0. The Labute approximate surface area is 163 Å². The summed E-state index contributed by atoms with van der Waals surface area (Å²) in [4.78, 5) is 0. The van der Waals surface area contributed by atoms with Gasteiger partial charge in [0, 0.05) is 5.41 Å². The Morgan fingerprint density at radius 2 is 0.926 bits per heavy atom. The van der Waals surface area contributed by atoms with Gasteiger partial charge < -0.3 is 34.6 Å². The normalized spacial score (nSPS) is 11.4. The maximum Gasteiger partial charge on any atom is 0.0645 e. The zero-order chi connectivity index (χ0) is 21.0. The summed E-state index contributed by atoms with van der Waals surface area (Å²) in [6.07, 6.45) is 5.59. The fourth-order valence-corrected chi connectivity index (χ4v) is 1.82. The molecule has 0 aliphatic heterocycles. The third-order valence-corrected chi connectivity index (χ3v) is 4.02. The summed E-state index contributed by atoms with van der Waals surface area (Å²) in [7, 11) is 0. The van der Waals surface area contributed by atoms with Gasteiger partial charge in [0.25, 0.3) is 0 Å². The van der Waals surface area contributed by atoms with E-state index in [1.807, 2.05) is 6.92 Å². The summed E-state index contributed by atoms with van der Waals surface area (Å²) in [6.45, 7) is 14.4. The van der Waals surface area contributed by atoms with E-state index in [1.165, 1.54) is 0 Å². The van der Waals surface area contributed by atoms with E-state index in [4.69, 9.17) is 29.5 Å². The summed E-state index contributed by atoms with van der Waals surface area (Å²) in [5, 5.41) is 35.5. The topological polar surface area (TPSA) is 109 Å². The molecule has 0 fully saturated rings. The maximum absolute atomic E-state index is 9.56. The number of hydrogen-bond donors (Lipinski definition) is 4. The standard InChI is InChI=1S/C14H24O4.C6H14O3/c1-4-7-16-11-14(10-15,12-17-8-5-2)13-18-9-6-3;1-2-6(3-7,4-8)5-9/h4-6,15H,1-3,7-13H2;7-9H,2-5H2,1H3. The van der Waals surface area contributed by atoms with E-state index in [0.717, 1.165) is 0 Å². The molecule has 0 spiro atoms. The van der Waals surface area contributed by atoms with E-state index >= 15 is 0 Å². The Morgan fingerprint density at radius 1 is 0.630 bits per heavy atom. The van der Waals surface area contributed by atoms with Crippen molar-refractivity contribution in [2.24, 2.45) is 10.8 Å². The Balaban J connectivity index is 0. The molecule has 160 valence electrons. The molecule has 0 atom stereocenters. The molecule has 4 N–H and O–H groups in total. The van der Waals surface area contributed by atoms with Gasteiger partial charge in [-0.15, -0.1) is 19.7 Å². The first kappa shape index (κ1) is 28.2. The van der Waals surface area contributed by atoms with Crippen LogP contribution < -0.4 is 0 Å². The van der Waals surface area contributed by atoms with Gasteiger partial charge in [0.2, 0.25) is 0 Å². The molecule has 0 aromatic carbocycles. The first-order valence-corrected chi connectivity index (χ1v) is 8.98. The van der Waals surface area contributed by atoms with Crippen LogP contribution in [0, 0.1) is 10.8 Å².